The summed E-state index contributed by atoms with van der Waals surface area (Å²) >= 11 is 0. The molecule has 0 atom stereocenters. The molecule has 0 saturated heterocycles. The number of aromatic nitrogens is 1. The van der Waals surface area contributed by atoms with Crippen LogP contribution in [-0.2, 0) is 0 Å². The Bertz CT molecular complexity index is 907. The van der Waals surface area contributed by atoms with Crippen LogP contribution in [0.15, 0.2) is 48.5 Å². The maximum atomic E-state index is 12.8. The Morgan fingerprint density at radius 2 is 1.70 bits per heavy atom. The zero-order valence-electron chi connectivity index (χ0n) is 12.7. The van der Waals surface area contributed by atoms with Crippen LogP contribution in [0, 0.1) is 6.92 Å². The van der Waals surface area contributed by atoms with Crippen LogP contribution in [0.5, 0.6) is 5.75 Å². The average molecular weight is 309 g/mol. The number of nitrogens with zero attached hydrogens (tertiary/aromatic N) is 1. The molecule has 0 radical (unpaired) electrons. The van der Waals surface area contributed by atoms with Gasteiger partial charge in [-0.2, -0.15) is 0 Å². The Hall–Kier alpha value is -3.08. The zero-order chi connectivity index (χ0) is 16.6. The first-order chi connectivity index (χ1) is 11.0. The van der Waals surface area contributed by atoms with Gasteiger partial charge in [-0.05, 0) is 37.3 Å². The summed E-state index contributed by atoms with van der Waals surface area (Å²) < 4.78 is 6.53. The van der Waals surface area contributed by atoms with E-state index in [9.17, 15) is 14.7 Å². The Balaban J connectivity index is 2.20. The van der Waals surface area contributed by atoms with Gasteiger partial charge < -0.3 is 9.84 Å². The number of hydrogen-bond donors (Lipinski definition) is 1. The predicted octanol–water partition coefficient (Wildman–Crippen LogP) is 3.35. The van der Waals surface area contributed by atoms with E-state index in [4.69, 9.17) is 4.74 Å². The first kappa shape index (κ1) is 14.8. The van der Waals surface area contributed by atoms with Crippen LogP contribution in [0.25, 0.3) is 10.9 Å². The number of fused-ring (bicyclic) bond motifs is 1. The van der Waals surface area contributed by atoms with E-state index >= 15 is 0 Å². The number of para-hydroxylation sites is 1. The SMILES string of the molecule is COc1ccc(C(=O)n2c(C)c(C(=O)O)c3ccccc32)cc1. The zero-order valence-corrected chi connectivity index (χ0v) is 12.7. The lowest BCUT2D eigenvalue weighted by atomic mass is 10.1. The topological polar surface area (TPSA) is 68.5 Å². The maximum absolute atomic E-state index is 12.8. The molecule has 0 bridgehead atoms. The number of benzene rings is 2. The molecule has 1 N–H and O–H groups in total. The Morgan fingerprint density at radius 3 is 2.30 bits per heavy atom. The predicted molar refractivity (Wildman–Crippen MR) is 86.4 cm³/mol. The Morgan fingerprint density at radius 1 is 1.04 bits per heavy atom. The summed E-state index contributed by atoms with van der Waals surface area (Å²) in [6.45, 7) is 1.64. The van der Waals surface area contributed by atoms with Gasteiger partial charge in [-0.25, -0.2) is 4.79 Å². The number of ether oxygens (including phenoxy) is 1. The van der Waals surface area contributed by atoms with Gasteiger partial charge in [0, 0.05) is 16.6 Å². The molecule has 0 aliphatic carbocycles. The molecule has 116 valence electrons. The monoisotopic (exact) mass is 309 g/mol. The fraction of sp³-hybridized carbons (Fsp3) is 0.111. The molecular formula is C18H15NO4. The minimum Gasteiger partial charge on any atom is -0.497 e. The summed E-state index contributed by atoms with van der Waals surface area (Å²) in [7, 11) is 1.56. The van der Waals surface area contributed by atoms with Gasteiger partial charge in [0.1, 0.15) is 5.75 Å². The van der Waals surface area contributed by atoms with Crippen LogP contribution >= 0.6 is 0 Å². The number of carboxylic acids is 1. The molecule has 0 aliphatic heterocycles. The summed E-state index contributed by atoms with van der Waals surface area (Å²) in [4.78, 5) is 24.4. The Kier molecular flexibility index (Phi) is 3.62. The molecule has 0 saturated carbocycles. The number of carbonyl (C=O) groups excluding carboxylic acids is 1. The summed E-state index contributed by atoms with van der Waals surface area (Å²) in [6, 6.07) is 13.7. The van der Waals surface area contributed by atoms with Crippen molar-refractivity contribution in [2.45, 2.75) is 6.92 Å². The lowest BCUT2D eigenvalue weighted by Crippen LogP contribution is -2.14. The molecule has 0 unspecified atom stereocenters. The smallest absolute Gasteiger partial charge is 0.338 e. The van der Waals surface area contributed by atoms with Crippen molar-refractivity contribution in [3.05, 3.63) is 65.4 Å². The van der Waals surface area contributed by atoms with E-state index in [1.807, 2.05) is 0 Å². The van der Waals surface area contributed by atoms with E-state index in [-0.39, 0.29) is 11.5 Å². The highest BCUT2D eigenvalue weighted by Gasteiger charge is 2.23. The first-order valence-electron chi connectivity index (χ1n) is 7.06. The van der Waals surface area contributed by atoms with E-state index in [1.54, 1.807) is 62.6 Å². The molecule has 0 spiro atoms. The molecule has 1 aromatic heterocycles. The van der Waals surface area contributed by atoms with Gasteiger partial charge in [0.05, 0.1) is 18.2 Å². The number of rotatable bonds is 3. The highest BCUT2D eigenvalue weighted by molar-refractivity contribution is 6.11. The van der Waals surface area contributed by atoms with E-state index in [0.717, 1.165) is 0 Å². The minimum absolute atomic E-state index is 0.155. The van der Waals surface area contributed by atoms with Gasteiger partial charge >= 0.3 is 5.97 Å². The first-order valence-corrected chi connectivity index (χ1v) is 7.06. The molecule has 23 heavy (non-hydrogen) atoms. The standard InChI is InChI=1S/C18H15NO4/c1-11-16(18(21)22)14-5-3-4-6-15(14)19(11)17(20)12-7-9-13(23-2)10-8-12/h3-10H,1-2H3,(H,21,22). The van der Waals surface area contributed by atoms with Crippen LogP contribution in [0.4, 0.5) is 0 Å². The molecule has 0 fully saturated rings. The van der Waals surface area contributed by atoms with Crippen LogP contribution in [-0.4, -0.2) is 28.7 Å². The van der Waals surface area contributed by atoms with E-state index < -0.39 is 5.97 Å². The largest absolute Gasteiger partial charge is 0.497 e. The Labute approximate surface area is 132 Å². The van der Waals surface area contributed by atoms with Gasteiger partial charge in [0.2, 0.25) is 0 Å². The number of hydrogen-bond acceptors (Lipinski definition) is 3. The summed E-state index contributed by atoms with van der Waals surface area (Å²) in [6.07, 6.45) is 0. The molecule has 0 aliphatic rings. The third-order valence-corrected chi connectivity index (χ3v) is 3.87. The summed E-state index contributed by atoms with van der Waals surface area (Å²) in [5.41, 5.74) is 1.62. The van der Waals surface area contributed by atoms with Crippen molar-refractivity contribution in [2.24, 2.45) is 0 Å². The van der Waals surface area contributed by atoms with Crippen LogP contribution in [0.2, 0.25) is 0 Å². The van der Waals surface area contributed by atoms with Crippen molar-refractivity contribution < 1.29 is 19.4 Å². The fourth-order valence-corrected chi connectivity index (χ4v) is 2.76. The maximum Gasteiger partial charge on any atom is 0.338 e. The minimum atomic E-state index is -1.04. The number of aromatic carboxylic acids is 1. The lowest BCUT2D eigenvalue weighted by Gasteiger charge is -2.08. The van der Waals surface area contributed by atoms with Crippen molar-refractivity contribution in [2.75, 3.05) is 7.11 Å². The van der Waals surface area contributed by atoms with Crippen LogP contribution in [0.3, 0.4) is 0 Å². The van der Waals surface area contributed by atoms with Crippen molar-refractivity contribution >= 4 is 22.8 Å². The molecule has 3 aromatic rings. The normalized spacial score (nSPS) is 10.7. The second-order valence-corrected chi connectivity index (χ2v) is 5.15. The number of carbonyl (C=O) groups is 2. The van der Waals surface area contributed by atoms with Gasteiger partial charge in [-0.15, -0.1) is 0 Å². The summed E-state index contributed by atoms with van der Waals surface area (Å²) in [5, 5.41) is 10.0. The van der Waals surface area contributed by atoms with Gasteiger partial charge in [-0.1, -0.05) is 18.2 Å². The highest BCUT2D eigenvalue weighted by Crippen LogP contribution is 2.27. The van der Waals surface area contributed by atoms with Crippen molar-refractivity contribution in [1.29, 1.82) is 0 Å². The van der Waals surface area contributed by atoms with Gasteiger partial charge in [-0.3, -0.25) is 9.36 Å². The third kappa shape index (κ3) is 2.36. The van der Waals surface area contributed by atoms with Crippen molar-refractivity contribution in [3.8, 4) is 5.75 Å². The van der Waals surface area contributed by atoms with E-state index in [2.05, 4.69) is 0 Å². The second-order valence-electron chi connectivity index (χ2n) is 5.15. The molecule has 2 aromatic carbocycles. The van der Waals surface area contributed by atoms with Crippen LogP contribution in [0.1, 0.15) is 26.4 Å². The van der Waals surface area contributed by atoms with Gasteiger partial charge in [0.15, 0.2) is 0 Å². The second kappa shape index (κ2) is 5.61. The van der Waals surface area contributed by atoms with E-state index in [1.165, 1.54) is 4.57 Å². The molecule has 1 heterocycles. The summed E-state index contributed by atoms with van der Waals surface area (Å²) in [5.74, 6) is -0.657. The number of carboxylic acid groups (broad SMARTS) is 1. The quantitative estimate of drug-likeness (QED) is 0.805. The van der Waals surface area contributed by atoms with E-state index in [0.29, 0.717) is 27.9 Å². The lowest BCUT2D eigenvalue weighted by molar-refractivity contribution is 0.0698. The average Bonchev–Trinajstić information content (AvgIpc) is 2.86. The number of methoxy groups -OCH3 is 1. The van der Waals surface area contributed by atoms with Crippen LogP contribution < -0.4 is 4.74 Å². The molecular weight excluding hydrogens is 294 g/mol. The molecule has 5 heteroatoms. The highest BCUT2D eigenvalue weighted by atomic mass is 16.5. The molecule has 5 nitrogen and oxygen atoms in total. The third-order valence-electron chi connectivity index (χ3n) is 3.87. The molecule has 0 amide bonds. The van der Waals surface area contributed by atoms with Crippen molar-refractivity contribution in [1.82, 2.24) is 4.57 Å². The van der Waals surface area contributed by atoms with Crippen molar-refractivity contribution in [3.63, 3.8) is 0 Å². The fourth-order valence-electron chi connectivity index (χ4n) is 2.76. The van der Waals surface area contributed by atoms with Gasteiger partial charge in [0.25, 0.3) is 5.91 Å². The molecule has 3 rings (SSSR count).